The van der Waals surface area contributed by atoms with E-state index in [9.17, 15) is 8.78 Å². The molecule has 0 saturated heterocycles. The van der Waals surface area contributed by atoms with Gasteiger partial charge in [-0.15, -0.1) is 6.58 Å². The summed E-state index contributed by atoms with van der Waals surface area (Å²) in [6, 6.07) is 16.2. The first-order valence-electron chi connectivity index (χ1n) is 15.0. The van der Waals surface area contributed by atoms with Crippen LogP contribution in [0, 0.1) is 35.2 Å². The molecular formula is C36H41F3. The van der Waals surface area contributed by atoms with E-state index in [0.29, 0.717) is 29.4 Å². The highest BCUT2D eigenvalue weighted by Gasteiger charge is 2.31. The lowest BCUT2D eigenvalue weighted by Gasteiger charge is -2.37. The summed E-state index contributed by atoms with van der Waals surface area (Å²) < 4.78 is 44.7. The van der Waals surface area contributed by atoms with Crippen molar-refractivity contribution in [2.45, 2.75) is 83.5 Å². The molecule has 5 rings (SSSR count). The van der Waals surface area contributed by atoms with Crippen molar-refractivity contribution in [3.05, 3.63) is 95.8 Å². The van der Waals surface area contributed by atoms with E-state index in [1.165, 1.54) is 38.5 Å². The smallest absolute Gasteiger partial charge is 0.166 e. The Kier molecular flexibility index (Phi) is 8.95. The fourth-order valence-electron chi connectivity index (χ4n) is 7.01. The highest BCUT2D eigenvalue weighted by Crippen LogP contribution is 2.44. The highest BCUT2D eigenvalue weighted by molar-refractivity contribution is 5.71. The largest absolute Gasteiger partial charge is 0.207 e. The monoisotopic (exact) mass is 530 g/mol. The quantitative estimate of drug-likeness (QED) is 0.254. The van der Waals surface area contributed by atoms with Crippen LogP contribution in [-0.2, 0) is 6.42 Å². The summed E-state index contributed by atoms with van der Waals surface area (Å²) in [5.74, 6) is 0.929. The van der Waals surface area contributed by atoms with Crippen LogP contribution in [0.3, 0.4) is 0 Å². The summed E-state index contributed by atoms with van der Waals surface area (Å²) in [6.45, 7) is 6.00. The standard InChI is InChI=1S/C36H41F3/c1-3-5-6-30-19-22-33(36(39)35(30)38)29-17-13-27(14-18-29)31-20-21-32(34(37)23-31)28-15-11-26(12-16-28)25-9-7-24(4-2)8-10-25/h4,13-14,17-26,28H,2-3,5-12,15-16H2,1H3. The zero-order valence-corrected chi connectivity index (χ0v) is 23.2. The van der Waals surface area contributed by atoms with E-state index in [1.807, 2.05) is 31.2 Å². The van der Waals surface area contributed by atoms with E-state index in [0.717, 1.165) is 54.2 Å². The molecule has 3 heteroatoms. The highest BCUT2D eigenvalue weighted by atomic mass is 19.2. The van der Waals surface area contributed by atoms with Gasteiger partial charge in [-0.2, -0.15) is 0 Å². The maximum Gasteiger partial charge on any atom is 0.166 e. The van der Waals surface area contributed by atoms with E-state index >= 15 is 4.39 Å². The maximum absolute atomic E-state index is 15.3. The van der Waals surface area contributed by atoms with Crippen molar-refractivity contribution >= 4 is 0 Å². The van der Waals surface area contributed by atoms with Gasteiger partial charge in [0, 0.05) is 5.56 Å². The molecule has 0 unspecified atom stereocenters. The summed E-state index contributed by atoms with van der Waals surface area (Å²) in [5, 5.41) is 0. The number of allylic oxidation sites excluding steroid dienone is 1. The third-order valence-electron chi connectivity index (χ3n) is 9.52. The number of halogens is 3. The van der Waals surface area contributed by atoms with Gasteiger partial charge in [0.15, 0.2) is 11.6 Å². The molecule has 0 spiro atoms. The Morgan fingerprint density at radius 2 is 1.33 bits per heavy atom. The number of hydrogen-bond acceptors (Lipinski definition) is 0. The Bertz CT molecular complexity index is 1260. The summed E-state index contributed by atoms with van der Waals surface area (Å²) in [6.07, 6.45) is 14.2. The predicted octanol–water partition coefficient (Wildman–Crippen LogP) is 11.0. The average molecular weight is 531 g/mol. The van der Waals surface area contributed by atoms with Crippen molar-refractivity contribution in [3.63, 3.8) is 0 Å². The van der Waals surface area contributed by atoms with Crippen LogP contribution in [0.4, 0.5) is 13.2 Å². The van der Waals surface area contributed by atoms with E-state index in [2.05, 4.69) is 12.7 Å². The summed E-state index contributed by atoms with van der Waals surface area (Å²) in [5.41, 5.74) is 3.80. The second kappa shape index (κ2) is 12.6. The molecule has 3 aromatic rings. The van der Waals surface area contributed by atoms with Gasteiger partial charge in [0.05, 0.1) is 0 Å². The Hall–Kier alpha value is -2.81. The Labute approximate surface area is 232 Å². The molecule has 0 atom stereocenters. The summed E-state index contributed by atoms with van der Waals surface area (Å²) in [4.78, 5) is 0. The van der Waals surface area contributed by atoms with Gasteiger partial charge in [-0.1, -0.05) is 68.0 Å². The molecule has 206 valence electrons. The van der Waals surface area contributed by atoms with Crippen LogP contribution in [-0.4, -0.2) is 0 Å². The molecule has 0 radical (unpaired) electrons. The van der Waals surface area contributed by atoms with E-state index < -0.39 is 11.6 Å². The molecule has 2 aliphatic carbocycles. The number of benzene rings is 3. The molecule has 39 heavy (non-hydrogen) atoms. The Morgan fingerprint density at radius 1 is 0.718 bits per heavy atom. The van der Waals surface area contributed by atoms with Gasteiger partial charge >= 0.3 is 0 Å². The fraction of sp³-hybridized carbons (Fsp3) is 0.444. The second-order valence-electron chi connectivity index (χ2n) is 11.8. The van der Waals surface area contributed by atoms with E-state index in [4.69, 9.17) is 0 Å². The van der Waals surface area contributed by atoms with Crippen molar-refractivity contribution < 1.29 is 13.2 Å². The molecule has 2 fully saturated rings. The van der Waals surface area contributed by atoms with E-state index in [-0.39, 0.29) is 11.4 Å². The van der Waals surface area contributed by atoms with Gasteiger partial charge in [0.25, 0.3) is 0 Å². The molecule has 2 aliphatic rings. The van der Waals surface area contributed by atoms with Gasteiger partial charge in [-0.3, -0.25) is 0 Å². The summed E-state index contributed by atoms with van der Waals surface area (Å²) in [7, 11) is 0. The SMILES string of the molecule is C=CC1CCC(C2CCC(c3ccc(-c4ccc(-c5ccc(CCCC)c(F)c5F)cc4)cc3F)CC2)CC1. The van der Waals surface area contributed by atoms with Gasteiger partial charge in [0.2, 0.25) is 0 Å². The molecule has 0 aliphatic heterocycles. The molecular weight excluding hydrogens is 489 g/mol. The van der Waals surface area contributed by atoms with Crippen molar-refractivity contribution in [2.24, 2.45) is 17.8 Å². The number of unbranched alkanes of at least 4 members (excludes halogenated alkanes) is 1. The van der Waals surface area contributed by atoms with Crippen molar-refractivity contribution in [1.29, 1.82) is 0 Å². The molecule has 2 saturated carbocycles. The van der Waals surface area contributed by atoms with Crippen LogP contribution >= 0.6 is 0 Å². The normalized spacial score (nSPS) is 23.5. The minimum absolute atomic E-state index is 0.137. The van der Waals surface area contributed by atoms with Crippen LogP contribution in [0.15, 0.2) is 67.3 Å². The first kappa shape index (κ1) is 27.7. The van der Waals surface area contributed by atoms with Crippen LogP contribution in [0.5, 0.6) is 0 Å². The zero-order valence-electron chi connectivity index (χ0n) is 23.2. The molecule has 0 N–H and O–H groups in total. The van der Waals surface area contributed by atoms with Gasteiger partial charge < -0.3 is 0 Å². The number of hydrogen-bond donors (Lipinski definition) is 0. The first-order valence-corrected chi connectivity index (χ1v) is 15.0. The van der Waals surface area contributed by atoms with Gasteiger partial charge in [-0.05, 0) is 122 Å². The van der Waals surface area contributed by atoms with Crippen LogP contribution in [0.2, 0.25) is 0 Å². The molecule has 0 heterocycles. The lowest BCUT2D eigenvalue weighted by atomic mass is 9.68. The van der Waals surface area contributed by atoms with Crippen LogP contribution in [0.1, 0.15) is 88.2 Å². The lowest BCUT2D eigenvalue weighted by molar-refractivity contribution is 0.171. The van der Waals surface area contributed by atoms with Gasteiger partial charge in [-0.25, -0.2) is 13.2 Å². The number of rotatable bonds is 8. The number of aryl methyl sites for hydroxylation is 1. The first-order chi connectivity index (χ1) is 19.0. The summed E-state index contributed by atoms with van der Waals surface area (Å²) >= 11 is 0. The minimum atomic E-state index is -0.800. The maximum atomic E-state index is 15.3. The zero-order chi connectivity index (χ0) is 27.4. The minimum Gasteiger partial charge on any atom is -0.207 e. The Balaban J connectivity index is 1.23. The molecule has 0 nitrogen and oxygen atoms in total. The van der Waals surface area contributed by atoms with Crippen molar-refractivity contribution in [2.75, 3.05) is 0 Å². The third kappa shape index (κ3) is 6.18. The Morgan fingerprint density at radius 3 is 1.95 bits per heavy atom. The van der Waals surface area contributed by atoms with Crippen LogP contribution < -0.4 is 0 Å². The van der Waals surface area contributed by atoms with Crippen molar-refractivity contribution in [3.8, 4) is 22.3 Å². The van der Waals surface area contributed by atoms with E-state index in [1.54, 1.807) is 30.3 Å². The second-order valence-corrected chi connectivity index (χ2v) is 11.8. The van der Waals surface area contributed by atoms with Crippen LogP contribution in [0.25, 0.3) is 22.3 Å². The molecule has 3 aromatic carbocycles. The van der Waals surface area contributed by atoms with Gasteiger partial charge in [0.1, 0.15) is 5.82 Å². The van der Waals surface area contributed by atoms with Crippen molar-refractivity contribution in [1.82, 2.24) is 0 Å². The third-order valence-corrected chi connectivity index (χ3v) is 9.52. The molecule has 0 aromatic heterocycles. The fourth-order valence-corrected chi connectivity index (χ4v) is 7.01. The topological polar surface area (TPSA) is 0 Å². The molecule has 0 bridgehead atoms. The molecule has 0 amide bonds. The predicted molar refractivity (Wildman–Crippen MR) is 156 cm³/mol. The lowest BCUT2D eigenvalue weighted by Crippen LogP contribution is -2.25. The average Bonchev–Trinajstić information content (AvgIpc) is 2.98.